The van der Waals surface area contributed by atoms with Crippen LogP contribution in [0.4, 0.5) is 20.2 Å². The first-order valence-electron chi connectivity index (χ1n) is 13.4. The lowest BCUT2D eigenvalue weighted by Crippen LogP contribution is -2.45. The lowest BCUT2D eigenvalue weighted by atomic mass is 10.0. The van der Waals surface area contributed by atoms with Crippen molar-refractivity contribution in [1.82, 2.24) is 14.8 Å². The first kappa shape index (κ1) is 25.5. The van der Waals surface area contributed by atoms with Crippen LogP contribution >= 0.6 is 0 Å². The predicted octanol–water partition coefficient (Wildman–Crippen LogP) is 4.73. The Labute approximate surface area is 227 Å². The lowest BCUT2D eigenvalue weighted by molar-refractivity contribution is -0.0257. The van der Waals surface area contributed by atoms with Gasteiger partial charge in [-0.15, -0.1) is 0 Å². The maximum Gasteiger partial charge on any atom is 0.275 e. The van der Waals surface area contributed by atoms with Crippen molar-refractivity contribution in [3.8, 4) is 11.8 Å². The minimum atomic E-state index is -2.93. The van der Waals surface area contributed by atoms with E-state index in [0.717, 1.165) is 50.5 Å². The van der Waals surface area contributed by atoms with Crippen LogP contribution in [-0.4, -0.2) is 67.0 Å². The summed E-state index contributed by atoms with van der Waals surface area (Å²) in [5.41, 5.74) is 4.01. The van der Waals surface area contributed by atoms with E-state index in [1.165, 1.54) is 12.5 Å². The lowest BCUT2D eigenvalue weighted by Gasteiger charge is -2.36. The van der Waals surface area contributed by atoms with Gasteiger partial charge in [-0.1, -0.05) is 24.0 Å². The van der Waals surface area contributed by atoms with Crippen molar-refractivity contribution in [3.05, 3.63) is 88.7 Å². The number of nitrogens with one attached hydrogen (secondary N) is 1. The Bertz CT molecular complexity index is 1450. The molecule has 3 aromatic rings. The van der Waals surface area contributed by atoms with Crippen molar-refractivity contribution in [3.63, 3.8) is 0 Å². The largest absolute Gasteiger partial charge is 0.370 e. The minimum absolute atomic E-state index is 0.0120. The molecule has 2 fully saturated rings. The maximum atomic E-state index is 15.1. The average molecular weight is 528 g/mol. The normalized spacial score (nSPS) is 20.5. The molecule has 2 aromatic carbocycles. The van der Waals surface area contributed by atoms with Crippen LogP contribution in [0.25, 0.3) is 0 Å². The van der Waals surface area contributed by atoms with E-state index in [0.29, 0.717) is 22.4 Å². The van der Waals surface area contributed by atoms with Gasteiger partial charge < -0.3 is 15.1 Å². The average Bonchev–Trinajstić information content (AvgIpc) is 3.17. The molecule has 1 aliphatic carbocycles. The zero-order valence-electron chi connectivity index (χ0n) is 22.0. The first-order chi connectivity index (χ1) is 18.9. The summed E-state index contributed by atoms with van der Waals surface area (Å²) in [7, 11) is 2.05. The quantitative estimate of drug-likeness (QED) is 0.498. The number of piperazine rings is 1. The number of rotatable bonds is 4. The van der Waals surface area contributed by atoms with Crippen LogP contribution in [-0.2, 0) is 5.92 Å². The first-order valence-corrected chi connectivity index (χ1v) is 13.4. The molecule has 1 amide bonds. The molecule has 1 unspecified atom stereocenters. The molecule has 3 heterocycles. The molecule has 6 rings (SSSR count). The second-order valence-electron chi connectivity index (χ2n) is 10.6. The van der Waals surface area contributed by atoms with E-state index in [1.54, 1.807) is 36.5 Å². The van der Waals surface area contributed by atoms with Crippen molar-refractivity contribution in [1.29, 1.82) is 0 Å². The highest BCUT2D eigenvalue weighted by Gasteiger charge is 2.47. The van der Waals surface area contributed by atoms with E-state index in [4.69, 9.17) is 0 Å². The van der Waals surface area contributed by atoms with Gasteiger partial charge in [0.15, 0.2) is 0 Å². The summed E-state index contributed by atoms with van der Waals surface area (Å²) in [6.07, 6.45) is 4.54. The Hall–Kier alpha value is -3.80. The number of amides is 1. The Morgan fingerprint density at radius 3 is 2.54 bits per heavy atom. The third-order valence-electron chi connectivity index (χ3n) is 7.91. The van der Waals surface area contributed by atoms with Gasteiger partial charge in [-0.3, -0.25) is 14.7 Å². The highest BCUT2D eigenvalue weighted by Crippen LogP contribution is 2.50. The Balaban J connectivity index is 1.16. The number of fused-ring (bicyclic) bond motifs is 1. The fraction of sp³-hybridized carbons (Fsp3) is 0.355. The molecule has 200 valence electrons. The topological polar surface area (TPSA) is 51.7 Å². The number of alkyl halides is 2. The summed E-state index contributed by atoms with van der Waals surface area (Å²) < 4.78 is 30.1. The van der Waals surface area contributed by atoms with Gasteiger partial charge >= 0.3 is 0 Å². The fourth-order valence-corrected chi connectivity index (χ4v) is 5.49. The van der Waals surface area contributed by atoms with Gasteiger partial charge in [0, 0.05) is 85.9 Å². The molecule has 1 N–H and O–H groups in total. The molecule has 0 radical (unpaired) electrons. The van der Waals surface area contributed by atoms with Crippen molar-refractivity contribution >= 4 is 17.3 Å². The van der Waals surface area contributed by atoms with E-state index in [1.807, 2.05) is 18.3 Å². The number of pyridine rings is 1. The van der Waals surface area contributed by atoms with E-state index >= 15 is 8.78 Å². The Morgan fingerprint density at radius 2 is 1.77 bits per heavy atom. The van der Waals surface area contributed by atoms with Crippen LogP contribution in [0.5, 0.6) is 0 Å². The minimum Gasteiger partial charge on any atom is -0.370 e. The van der Waals surface area contributed by atoms with Gasteiger partial charge in [-0.25, -0.2) is 8.78 Å². The summed E-state index contributed by atoms with van der Waals surface area (Å²) in [6.45, 7) is 5.36. The van der Waals surface area contributed by atoms with E-state index in [-0.39, 0.29) is 23.9 Å². The van der Waals surface area contributed by atoms with Gasteiger partial charge in [0.2, 0.25) is 0 Å². The van der Waals surface area contributed by atoms with Crippen molar-refractivity contribution in [2.45, 2.75) is 24.8 Å². The fourth-order valence-electron chi connectivity index (χ4n) is 5.49. The Kier molecular flexibility index (Phi) is 6.79. The van der Waals surface area contributed by atoms with E-state index in [2.05, 4.69) is 43.9 Å². The second-order valence-corrected chi connectivity index (χ2v) is 10.6. The van der Waals surface area contributed by atoms with E-state index in [9.17, 15) is 4.79 Å². The number of aromatic nitrogens is 1. The number of carbonyl (C=O) groups excluding carboxylic acids is 1. The number of hydrogen-bond acceptors (Lipinski definition) is 5. The third kappa shape index (κ3) is 5.38. The molecule has 2 aliphatic heterocycles. The highest BCUT2D eigenvalue weighted by atomic mass is 19.3. The number of carbonyl (C=O) groups is 1. The van der Waals surface area contributed by atoms with Crippen molar-refractivity contribution < 1.29 is 13.6 Å². The number of halogens is 2. The molecule has 0 saturated carbocycles. The number of likely N-dealkylation sites (N-methyl/N-ethyl adjacent to an activating group) is 1. The van der Waals surface area contributed by atoms with Gasteiger partial charge in [0.1, 0.15) is 0 Å². The SMILES string of the molecule is CN1CCN(C2CC(F)(F)c3cc(NC(=O)c4cccc(C#Cc5cncc(N6CCC6)c5)c4)ccc32)CC1. The highest BCUT2D eigenvalue weighted by molar-refractivity contribution is 6.04. The summed E-state index contributed by atoms with van der Waals surface area (Å²) >= 11 is 0. The number of hydrogen-bond donors (Lipinski definition) is 1. The molecule has 2 saturated heterocycles. The third-order valence-corrected chi connectivity index (χ3v) is 7.91. The predicted molar refractivity (Wildman–Crippen MR) is 148 cm³/mol. The van der Waals surface area contributed by atoms with Crippen molar-refractivity contribution in [2.24, 2.45) is 0 Å². The molecule has 1 atom stereocenters. The Morgan fingerprint density at radius 1 is 0.974 bits per heavy atom. The standard InChI is InChI=1S/C31H31F2N5O/c1-36-12-14-38(15-13-36)29-19-31(32,33)28-18-25(8-9-27(28)29)35-30(39)24-5-2-4-22(16-24)6-7-23-17-26(21-34-20-23)37-10-3-11-37/h2,4-5,8-9,16-18,20-21,29H,3,10-15,19H2,1H3,(H,35,39). The monoisotopic (exact) mass is 527 g/mol. The zero-order chi connectivity index (χ0) is 27.0. The van der Waals surface area contributed by atoms with Crippen LogP contribution in [0.2, 0.25) is 0 Å². The van der Waals surface area contributed by atoms with Gasteiger partial charge in [-0.2, -0.15) is 0 Å². The summed E-state index contributed by atoms with van der Waals surface area (Å²) in [5.74, 6) is 2.95. The molecule has 0 spiro atoms. The van der Waals surface area contributed by atoms with Gasteiger partial charge in [-0.05, 0) is 55.4 Å². The molecule has 39 heavy (non-hydrogen) atoms. The van der Waals surface area contributed by atoms with Crippen LogP contribution in [0, 0.1) is 11.8 Å². The molecule has 0 bridgehead atoms. The molecule has 8 heteroatoms. The van der Waals surface area contributed by atoms with Gasteiger partial charge in [0.25, 0.3) is 11.8 Å². The number of anilines is 2. The summed E-state index contributed by atoms with van der Waals surface area (Å²) in [5, 5.41) is 2.80. The molecular formula is C31H31F2N5O. The molecule has 6 nitrogen and oxygen atoms in total. The summed E-state index contributed by atoms with van der Waals surface area (Å²) in [6, 6.07) is 13.6. The van der Waals surface area contributed by atoms with E-state index < -0.39 is 5.92 Å². The van der Waals surface area contributed by atoms with Crippen LogP contribution in [0.3, 0.4) is 0 Å². The smallest absolute Gasteiger partial charge is 0.275 e. The maximum absolute atomic E-state index is 15.1. The van der Waals surface area contributed by atoms with Crippen LogP contribution < -0.4 is 10.2 Å². The van der Waals surface area contributed by atoms with Crippen LogP contribution in [0.1, 0.15) is 51.5 Å². The zero-order valence-corrected chi connectivity index (χ0v) is 22.0. The van der Waals surface area contributed by atoms with Crippen molar-refractivity contribution in [2.75, 3.05) is 56.5 Å². The molecule has 3 aliphatic rings. The molecule has 1 aromatic heterocycles. The number of nitrogens with zero attached hydrogens (tertiary/aromatic N) is 4. The number of benzene rings is 2. The van der Waals surface area contributed by atoms with Crippen LogP contribution in [0.15, 0.2) is 60.9 Å². The second kappa shape index (κ2) is 10.4. The van der Waals surface area contributed by atoms with Gasteiger partial charge in [0.05, 0.1) is 11.9 Å². The molecular weight excluding hydrogens is 496 g/mol. The summed E-state index contributed by atoms with van der Waals surface area (Å²) in [4.78, 5) is 23.9.